The summed E-state index contributed by atoms with van der Waals surface area (Å²) in [4.78, 5) is 11.3. The Kier molecular flexibility index (Phi) is 2.52. The number of nitrogens with one attached hydrogen (secondary N) is 1. The van der Waals surface area contributed by atoms with Gasteiger partial charge in [-0.25, -0.2) is 0 Å². The van der Waals surface area contributed by atoms with Gasteiger partial charge in [-0.3, -0.25) is 4.79 Å². The summed E-state index contributed by atoms with van der Waals surface area (Å²) in [6.45, 7) is 3.55. The standard InChI is InChI=1S/C11H16N2O2/c1-11(5-8-3-2-4-15-8)7-13-6-9(11)10(12)14/h2-4,9,13H,5-7H2,1H3,(H2,12,14). The SMILES string of the molecule is CC1(Cc2ccco2)CNCC1C(N)=O. The van der Waals surface area contributed by atoms with Gasteiger partial charge in [0.2, 0.25) is 5.91 Å². The highest BCUT2D eigenvalue weighted by atomic mass is 16.3. The van der Waals surface area contributed by atoms with Crippen molar-refractivity contribution in [2.45, 2.75) is 13.3 Å². The molecule has 1 aliphatic rings. The molecule has 0 bridgehead atoms. The normalized spacial score (nSPS) is 30.6. The van der Waals surface area contributed by atoms with E-state index in [1.54, 1.807) is 6.26 Å². The molecule has 1 aliphatic heterocycles. The van der Waals surface area contributed by atoms with Crippen molar-refractivity contribution in [3.05, 3.63) is 24.2 Å². The maximum atomic E-state index is 11.3. The molecule has 4 nitrogen and oxygen atoms in total. The molecule has 1 aromatic rings. The van der Waals surface area contributed by atoms with Crippen molar-refractivity contribution < 1.29 is 9.21 Å². The third-order valence-corrected chi connectivity index (χ3v) is 3.22. The first-order valence-corrected chi connectivity index (χ1v) is 5.14. The molecule has 2 atom stereocenters. The number of carbonyl (C=O) groups is 1. The number of hydrogen-bond donors (Lipinski definition) is 2. The minimum Gasteiger partial charge on any atom is -0.469 e. The van der Waals surface area contributed by atoms with Gasteiger partial charge in [-0.1, -0.05) is 6.92 Å². The fraction of sp³-hybridized carbons (Fsp3) is 0.545. The van der Waals surface area contributed by atoms with Crippen LogP contribution in [0.4, 0.5) is 0 Å². The minimum absolute atomic E-state index is 0.109. The molecule has 0 radical (unpaired) electrons. The van der Waals surface area contributed by atoms with Gasteiger partial charge in [-0.05, 0) is 17.5 Å². The van der Waals surface area contributed by atoms with E-state index in [1.807, 2.05) is 12.1 Å². The number of furan rings is 1. The lowest BCUT2D eigenvalue weighted by atomic mass is 9.76. The number of amides is 1. The maximum Gasteiger partial charge on any atom is 0.222 e. The molecule has 1 saturated heterocycles. The largest absolute Gasteiger partial charge is 0.469 e. The first-order chi connectivity index (χ1) is 7.12. The van der Waals surface area contributed by atoms with E-state index in [9.17, 15) is 4.79 Å². The van der Waals surface area contributed by atoms with Gasteiger partial charge in [0.15, 0.2) is 0 Å². The van der Waals surface area contributed by atoms with E-state index in [2.05, 4.69) is 12.2 Å². The van der Waals surface area contributed by atoms with Crippen LogP contribution in [-0.4, -0.2) is 19.0 Å². The summed E-state index contributed by atoms with van der Waals surface area (Å²) < 4.78 is 5.31. The van der Waals surface area contributed by atoms with Crippen molar-refractivity contribution in [3.63, 3.8) is 0 Å². The second kappa shape index (κ2) is 3.70. The van der Waals surface area contributed by atoms with Crippen LogP contribution < -0.4 is 11.1 Å². The monoisotopic (exact) mass is 208 g/mol. The quantitative estimate of drug-likeness (QED) is 0.761. The lowest BCUT2D eigenvalue weighted by Gasteiger charge is -2.27. The third-order valence-electron chi connectivity index (χ3n) is 3.22. The lowest BCUT2D eigenvalue weighted by Crippen LogP contribution is -2.37. The molecule has 1 aromatic heterocycles. The number of primary amides is 1. The van der Waals surface area contributed by atoms with Crippen LogP contribution in [0.3, 0.4) is 0 Å². The van der Waals surface area contributed by atoms with Crippen molar-refractivity contribution >= 4 is 5.91 Å². The molecule has 2 unspecified atom stereocenters. The van der Waals surface area contributed by atoms with E-state index in [0.29, 0.717) is 6.54 Å². The van der Waals surface area contributed by atoms with Gasteiger partial charge in [0, 0.05) is 19.5 Å². The summed E-state index contributed by atoms with van der Waals surface area (Å²) in [6.07, 6.45) is 2.40. The van der Waals surface area contributed by atoms with E-state index in [0.717, 1.165) is 18.7 Å². The van der Waals surface area contributed by atoms with Crippen LogP contribution in [-0.2, 0) is 11.2 Å². The zero-order valence-corrected chi connectivity index (χ0v) is 8.82. The zero-order chi connectivity index (χ0) is 10.9. The molecule has 2 rings (SSSR count). The minimum atomic E-state index is -0.228. The second-order valence-electron chi connectivity index (χ2n) is 4.50. The van der Waals surface area contributed by atoms with E-state index in [1.165, 1.54) is 0 Å². The zero-order valence-electron chi connectivity index (χ0n) is 8.82. The maximum absolute atomic E-state index is 11.3. The molecule has 15 heavy (non-hydrogen) atoms. The molecular weight excluding hydrogens is 192 g/mol. The highest BCUT2D eigenvalue weighted by Gasteiger charge is 2.42. The van der Waals surface area contributed by atoms with Crippen LogP contribution in [0.15, 0.2) is 22.8 Å². The molecule has 0 saturated carbocycles. The first kappa shape index (κ1) is 10.2. The van der Waals surface area contributed by atoms with Crippen LogP contribution >= 0.6 is 0 Å². The Hall–Kier alpha value is -1.29. The van der Waals surface area contributed by atoms with E-state index < -0.39 is 0 Å². The highest BCUT2D eigenvalue weighted by molar-refractivity contribution is 5.78. The molecule has 0 aromatic carbocycles. The molecule has 2 heterocycles. The van der Waals surface area contributed by atoms with Gasteiger partial charge in [0.25, 0.3) is 0 Å². The lowest BCUT2D eigenvalue weighted by molar-refractivity contribution is -0.124. The molecule has 3 N–H and O–H groups in total. The van der Waals surface area contributed by atoms with Gasteiger partial charge in [0.05, 0.1) is 12.2 Å². The van der Waals surface area contributed by atoms with Crippen molar-refractivity contribution in [1.29, 1.82) is 0 Å². The van der Waals surface area contributed by atoms with Gasteiger partial charge in [0.1, 0.15) is 5.76 Å². The van der Waals surface area contributed by atoms with Crippen LogP contribution in [0.25, 0.3) is 0 Å². The summed E-state index contributed by atoms with van der Waals surface area (Å²) in [5.41, 5.74) is 5.27. The van der Waals surface area contributed by atoms with E-state index in [-0.39, 0.29) is 17.2 Å². The van der Waals surface area contributed by atoms with Crippen molar-refractivity contribution in [1.82, 2.24) is 5.32 Å². The second-order valence-corrected chi connectivity index (χ2v) is 4.50. The smallest absolute Gasteiger partial charge is 0.222 e. The summed E-state index contributed by atoms with van der Waals surface area (Å²) in [7, 11) is 0. The predicted octanol–water partition coefficient (Wildman–Crippen LogP) is 0.533. The van der Waals surface area contributed by atoms with Crippen LogP contribution in [0, 0.1) is 11.3 Å². The van der Waals surface area contributed by atoms with Gasteiger partial charge < -0.3 is 15.5 Å². The van der Waals surface area contributed by atoms with Gasteiger partial charge >= 0.3 is 0 Å². The Morgan fingerprint density at radius 2 is 2.60 bits per heavy atom. The molecular formula is C11H16N2O2. The van der Waals surface area contributed by atoms with E-state index in [4.69, 9.17) is 10.2 Å². The molecule has 0 aliphatic carbocycles. The Labute approximate surface area is 88.8 Å². The Morgan fingerprint density at radius 1 is 1.80 bits per heavy atom. The summed E-state index contributed by atoms with van der Waals surface area (Å²) >= 11 is 0. The fourth-order valence-electron chi connectivity index (χ4n) is 2.31. The summed E-state index contributed by atoms with van der Waals surface area (Å²) in [6, 6.07) is 3.79. The van der Waals surface area contributed by atoms with Gasteiger partial charge in [-0.2, -0.15) is 0 Å². The van der Waals surface area contributed by atoms with Crippen LogP contribution in [0.2, 0.25) is 0 Å². The molecule has 1 amide bonds. The molecule has 4 heteroatoms. The predicted molar refractivity (Wildman–Crippen MR) is 56.1 cm³/mol. The summed E-state index contributed by atoms with van der Waals surface area (Å²) in [5, 5.41) is 3.21. The average molecular weight is 208 g/mol. The number of hydrogen-bond acceptors (Lipinski definition) is 3. The third kappa shape index (κ3) is 1.90. The Morgan fingerprint density at radius 3 is 3.20 bits per heavy atom. The van der Waals surface area contributed by atoms with Crippen LogP contribution in [0.1, 0.15) is 12.7 Å². The first-order valence-electron chi connectivity index (χ1n) is 5.14. The van der Waals surface area contributed by atoms with Crippen LogP contribution in [0.5, 0.6) is 0 Å². The number of rotatable bonds is 3. The van der Waals surface area contributed by atoms with E-state index >= 15 is 0 Å². The Bertz CT molecular complexity index is 347. The average Bonchev–Trinajstić information content (AvgIpc) is 2.75. The number of carbonyl (C=O) groups excluding carboxylic acids is 1. The molecule has 0 spiro atoms. The topological polar surface area (TPSA) is 68.3 Å². The number of nitrogens with two attached hydrogens (primary N) is 1. The molecule has 82 valence electrons. The fourth-order valence-corrected chi connectivity index (χ4v) is 2.31. The summed E-state index contributed by atoms with van der Waals surface area (Å²) in [5.74, 6) is 0.573. The van der Waals surface area contributed by atoms with Crippen molar-refractivity contribution in [3.8, 4) is 0 Å². The van der Waals surface area contributed by atoms with Gasteiger partial charge in [-0.15, -0.1) is 0 Å². The Balaban J connectivity index is 2.14. The van der Waals surface area contributed by atoms with Crippen molar-refractivity contribution in [2.75, 3.05) is 13.1 Å². The van der Waals surface area contributed by atoms with Crippen molar-refractivity contribution in [2.24, 2.45) is 17.1 Å². The molecule has 1 fully saturated rings. The highest BCUT2D eigenvalue weighted by Crippen LogP contribution is 2.34.